The fourth-order valence-corrected chi connectivity index (χ4v) is 4.21. The molecular formula is C20H18F5N5O3. The van der Waals surface area contributed by atoms with Crippen LogP contribution in [0.5, 0.6) is 5.88 Å². The van der Waals surface area contributed by atoms with Crippen LogP contribution in [0.15, 0.2) is 35.6 Å². The lowest BCUT2D eigenvalue weighted by atomic mass is 9.75. The van der Waals surface area contributed by atoms with E-state index in [9.17, 15) is 26.7 Å². The molecule has 1 aromatic carbocycles. The Bertz CT molecular complexity index is 1100. The number of carbonyl (C=O) groups excluding carboxylic acids is 1. The van der Waals surface area contributed by atoms with Crippen LogP contribution in [0.2, 0.25) is 0 Å². The molecule has 0 bridgehead atoms. The number of hydrogen-bond donors (Lipinski definition) is 2. The molecule has 2 heterocycles. The quantitative estimate of drug-likeness (QED) is 0.649. The molecule has 2 unspecified atom stereocenters. The number of aliphatic imine (C=N–C) groups is 1. The second-order valence-electron chi connectivity index (χ2n) is 7.70. The highest BCUT2D eigenvalue weighted by atomic mass is 19.3. The van der Waals surface area contributed by atoms with E-state index in [1.165, 1.54) is 13.3 Å². The number of fused-ring (bicyclic) bond motifs is 1. The first-order chi connectivity index (χ1) is 15.6. The maximum absolute atomic E-state index is 14.9. The molecule has 0 spiro atoms. The van der Waals surface area contributed by atoms with Crippen molar-refractivity contribution in [3.63, 3.8) is 0 Å². The maximum atomic E-state index is 14.9. The van der Waals surface area contributed by atoms with Crippen molar-refractivity contribution >= 4 is 17.6 Å². The molecule has 2 aromatic rings. The van der Waals surface area contributed by atoms with Gasteiger partial charge in [0.15, 0.2) is 5.54 Å². The molecule has 1 saturated carbocycles. The number of nitrogens with two attached hydrogens (primary N) is 1. The third-order valence-corrected chi connectivity index (χ3v) is 5.66. The number of nitrogens with one attached hydrogen (secondary N) is 1. The highest BCUT2D eigenvalue weighted by Crippen LogP contribution is 2.55. The summed E-state index contributed by atoms with van der Waals surface area (Å²) < 4.78 is 82.0. The van der Waals surface area contributed by atoms with E-state index in [2.05, 4.69) is 20.3 Å². The van der Waals surface area contributed by atoms with Crippen LogP contribution in [0.4, 0.5) is 27.6 Å². The Kier molecular flexibility index (Phi) is 5.58. The first-order valence-electron chi connectivity index (χ1n) is 9.71. The van der Waals surface area contributed by atoms with E-state index in [-0.39, 0.29) is 17.3 Å². The second kappa shape index (κ2) is 8.12. The van der Waals surface area contributed by atoms with Gasteiger partial charge in [0.25, 0.3) is 24.3 Å². The Labute approximate surface area is 184 Å². The summed E-state index contributed by atoms with van der Waals surface area (Å²) in [5.41, 5.74) is 1.90. The van der Waals surface area contributed by atoms with Gasteiger partial charge in [0, 0.05) is 30.0 Å². The maximum Gasteiger partial charge on any atom is 0.283 e. The van der Waals surface area contributed by atoms with Crippen molar-refractivity contribution in [1.82, 2.24) is 9.97 Å². The molecule has 3 N–H and O–H groups in total. The van der Waals surface area contributed by atoms with Crippen LogP contribution in [0.1, 0.15) is 28.9 Å². The summed E-state index contributed by atoms with van der Waals surface area (Å²) in [4.78, 5) is 23.8. The van der Waals surface area contributed by atoms with Gasteiger partial charge in [-0.2, -0.15) is 0 Å². The van der Waals surface area contributed by atoms with Gasteiger partial charge in [-0.1, -0.05) is 0 Å². The third-order valence-electron chi connectivity index (χ3n) is 5.66. The van der Waals surface area contributed by atoms with Crippen molar-refractivity contribution in [3.05, 3.63) is 47.7 Å². The predicted molar refractivity (Wildman–Crippen MR) is 105 cm³/mol. The molecule has 13 heteroatoms. The average Bonchev–Trinajstić information content (AvgIpc) is 3.08. The van der Waals surface area contributed by atoms with E-state index in [0.717, 1.165) is 24.4 Å². The van der Waals surface area contributed by atoms with Crippen molar-refractivity contribution in [2.24, 2.45) is 16.6 Å². The Morgan fingerprint density at radius 1 is 1.27 bits per heavy atom. The molecule has 1 amide bonds. The van der Waals surface area contributed by atoms with Gasteiger partial charge in [-0.15, -0.1) is 0 Å². The minimum Gasteiger partial charge on any atom is -0.480 e. The summed E-state index contributed by atoms with van der Waals surface area (Å²) in [6.07, 6.45) is -4.30. The highest BCUT2D eigenvalue weighted by molar-refractivity contribution is 6.02. The monoisotopic (exact) mass is 471 g/mol. The average molecular weight is 471 g/mol. The minimum atomic E-state index is -3.39. The number of halogens is 5. The van der Waals surface area contributed by atoms with Gasteiger partial charge in [-0.05, 0) is 18.2 Å². The van der Waals surface area contributed by atoms with Crippen molar-refractivity contribution < 1.29 is 36.2 Å². The van der Waals surface area contributed by atoms with E-state index in [0.29, 0.717) is 0 Å². The number of benzene rings is 1. The van der Waals surface area contributed by atoms with Gasteiger partial charge < -0.3 is 20.5 Å². The first-order valence-corrected chi connectivity index (χ1v) is 9.71. The Morgan fingerprint density at radius 2 is 2.03 bits per heavy atom. The molecule has 4 rings (SSSR count). The summed E-state index contributed by atoms with van der Waals surface area (Å²) in [6.45, 7) is 0. The molecule has 3 atom stereocenters. The Morgan fingerprint density at radius 3 is 2.67 bits per heavy atom. The lowest BCUT2D eigenvalue weighted by Crippen LogP contribution is -2.51. The van der Waals surface area contributed by atoms with Gasteiger partial charge in [0.05, 0.1) is 19.5 Å². The number of rotatable bonds is 5. The van der Waals surface area contributed by atoms with Crippen LogP contribution >= 0.6 is 0 Å². The number of alkyl halides is 4. The van der Waals surface area contributed by atoms with Gasteiger partial charge in [-0.3, -0.25) is 4.79 Å². The summed E-state index contributed by atoms with van der Waals surface area (Å²) >= 11 is 0. The van der Waals surface area contributed by atoms with E-state index in [1.807, 2.05) is 0 Å². The zero-order valence-corrected chi connectivity index (χ0v) is 17.1. The van der Waals surface area contributed by atoms with Crippen LogP contribution < -0.4 is 15.8 Å². The number of ether oxygens (including phenoxy) is 2. The van der Waals surface area contributed by atoms with Crippen LogP contribution in [0.25, 0.3) is 0 Å². The fourth-order valence-electron chi connectivity index (χ4n) is 4.21. The SMILES string of the molecule is COc1cnc(C(=O)Nc2ccc(F)c(C3(C(F)F)N=C(N)O[C@H]4CC(F)(F)CC43)c2)cn1. The van der Waals surface area contributed by atoms with E-state index >= 15 is 0 Å². The van der Waals surface area contributed by atoms with Crippen molar-refractivity contribution in [2.75, 3.05) is 12.4 Å². The van der Waals surface area contributed by atoms with Gasteiger partial charge in [-0.25, -0.2) is 36.9 Å². The fraction of sp³-hybridized carbons (Fsp3) is 0.400. The first kappa shape index (κ1) is 22.7. The number of carbonyl (C=O) groups is 1. The number of nitrogens with zero attached hydrogens (tertiary/aromatic N) is 3. The predicted octanol–water partition coefficient (Wildman–Crippen LogP) is 3.10. The normalized spacial score (nSPS) is 25.7. The van der Waals surface area contributed by atoms with Crippen molar-refractivity contribution in [1.29, 1.82) is 0 Å². The van der Waals surface area contributed by atoms with Gasteiger partial charge >= 0.3 is 0 Å². The third kappa shape index (κ3) is 4.02. The summed E-state index contributed by atoms with van der Waals surface area (Å²) in [5, 5.41) is 2.39. The molecular weight excluding hydrogens is 453 g/mol. The molecule has 1 aromatic heterocycles. The van der Waals surface area contributed by atoms with Gasteiger partial charge in [0.2, 0.25) is 5.88 Å². The van der Waals surface area contributed by atoms with E-state index in [4.69, 9.17) is 15.2 Å². The van der Waals surface area contributed by atoms with E-state index < -0.39 is 66.1 Å². The van der Waals surface area contributed by atoms with E-state index in [1.54, 1.807) is 0 Å². The molecule has 0 saturated heterocycles. The smallest absolute Gasteiger partial charge is 0.283 e. The molecule has 2 aliphatic rings. The minimum absolute atomic E-state index is 0.0874. The standard InChI is InChI=1S/C20H18F5N5O3/c1-32-15-8-27-13(7-28-15)16(31)29-9-2-3-12(21)10(4-9)20(17(22)23)11-5-19(24,25)6-14(11)33-18(26)30-20/h2-4,7-8,11,14,17H,5-6H2,1H3,(H2,26,30)(H,29,31)/t11?,14-,20?/m0/s1. The number of amides is 1. The topological polar surface area (TPSA) is 112 Å². The zero-order chi connectivity index (χ0) is 24.0. The van der Waals surface area contributed by atoms with Crippen LogP contribution in [-0.2, 0) is 10.3 Å². The zero-order valence-electron chi connectivity index (χ0n) is 17.1. The lowest BCUT2D eigenvalue weighted by molar-refractivity contribution is -0.0392. The number of amidine groups is 1. The molecule has 8 nitrogen and oxygen atoms in total. The van der Waals surface area contributed by atoms with Crippen molar-refractivity contribution in [3.8, 4) is 5.88 Å². The summed E-state index contributed by atoms with van der Waals surface area (Å²) in [6, 6.07) is 2.14. The van der Waals surface area contributed by atoms with Gasteiger partial charge in [0.1, 0.15) is 17.6 Å². The van der Waals surface area contributed by atoms with Crippen LogP contribution in [0.3, 0.4) is 0 Å². The second-order valence-corrected chi connectivity index (χ2v) is 7.70. The Hall–Kier alpha value is -3.51. The molecule has 1 aliphatic heterocycles. The van der Waals surface area contributed by atoms with Crippen LogP contribution in [0, 0.1) is 11.7 Å². The van der Waals surface area contributed by atoms with Crippen molar-refractivity contribution in [2.45, 2.75) is 36.8 Å². The molecule has 0 radical (unpaired) electrons. The largest absolute Gasteiger partial charge is 0.480 e. The lowest BCUT2D eigenvalue weighted by Gasteiger charge is -2.41. The number of aromatic nitrogens is 2. The molecule has 33 heavy (non-hydrogen) atoms. The van der Waals surface area contributed by atoms with Crippen LogP contribution in [-0.4, -0.2) is 47.5 Å². The number of methoxy groups -OCH3 is 1. The molecule has 1 fully saturated rings. The summed E-state index contributed by atoms with van der Waals surface area (Å²) in [5.74, 6) is -6.59. The molecule has 1 aliphatic carbocycles. The highest BCUT2D eigenvalue weighted by Gasteiger charge is 2.63. The number of hydrogen-bond acceptors (Lipinski definition) is 7. The summed E-state index contributed by atoms with van der Waals surface area (Å²) in [7, 11) is 1.36. The Balaban J connectivity index is 1.73. The molecule has 176 valence electrons. The number of anilines is 1.